The van der Waals surface area contributed by atoms with E-state index in [4.69, 9.17) is 0 Å². The van der Waals surface area contributed by atoms with Gasteiger partial charge in [0.15, 0.2) is 0 Å². The highest BCUT2D eigenvalue weighted by Gasteiger charge is 2.61. The third kappa shape index (κ3) is 3.83. The van der Waals surface area contributed by atoms with E-state index in [2.05, 4.69) is 21.9 Å². The maximum absolute atomic E-state index is 13.2. The average molecular weight is 440 g/mol. The van der Waals surface area contributed by atoms with E-state index in [-0.39, 0.29) is 37.0 Å². The van der Waals surface area contributed by atoms with Crippen molar-refractivity contribution < 1.29 is 27.5 Å². The number of β-amino-alcohol motifs (C(OH)–C–C–N with tert-alkyl or cyclic N) is 1. The van der Waals surface area contributed by atoms with Crippen molar-refractivity contribution in [2.24, 2.45) is 11.8 Å². The highest BCUT2D eigenvalue weighted by molar-refractivity contribution is 7.91. The first kappa shape index (κ1) is 21.2. The first-order valence-electron chi connectivity index (χ1n) is 10.1. The van der Waals surface area contributed by atoms with Crippen molar-refractivity contribution in [2.45, 2.75) is 54.5 Å². The molecule has 0 aromatic heterocycles. The van der Waals surface area contributed by atoms with Gasteiger partial charge in [-0.1, -0.05) is 12.2 Å². The molecule has 3 aliphatic carbocycles. The van der Waals surface area contributed by atoms with Gasteiger partial charge in [0.05, 0.1) is 16.9 Å². The molecule has 0 spiro atoms. The van der Waals surface area contributed by atoms with Crippen LogP contribution in [-0.4, -0.2) is 54.3 Å². The zero-order valence-electron chi connectivity index (χ0n) is 16.4. The molecule has 1 saturated heterocycles. The molecule has 1 aliphatic heterocycles. The minimum Gasteiger partial charge on any atom is -0.388 e. The molecule has 2 saturated carbocycles. The average Bonchev–Trinajstić information content (AvgIpc) is 3.60. The minimum atomic E-state index is -3.74. The van der Waals surface area contributed by atoms with Crippen LogP contribution in [0.5, 0.6) is 0 Å². The molecule has 2 amide bonds. The van der Waals surface area contributed by atoms with Gasteiger partial charge < -0.3 is 15.7 Å². The van der Waals surface area contributed by atoms with Crippen LogP contribution in [0.15, 0.2) is 36.7 Å². The van der Waals surface area contributed by atoms with Gasteiger partial charge in [0.2, 0.25) is 15.9 Å². The molecule has 3 fully saturated rings. The van der Waals surface area contributed by atoms with E-state index in [1.807, 2.05) is 0 Å². The Kier molecular flexibility index (Phi) is 5.14. The normalized spacial score (nSPS) is 37.9. The predicted molar refractivity (Wildman–Crippen MR) is 107 cm³/mol. The molecule has 10 heteroatoms. The van der Waals surface area contributed by atoms with Gasteiger partial charge >= 0.3 is 0 Å². The number of carbonyl (C=O) groups is 2. The molecule has 164 valence electrons. The second-order valence-corrected chi connectivity index (χ2v) is 10.7. The van der Waals surface area contributed by atoms with E-state index in [1.54, 1.807) is 6.08 Å². The molecule has 8 nitrogen and oxygen atoms in total. The van der Waals surface area contributed by atoms with Crippen LogP contribution < -0.4 is 15.4 Å². The zero-order valence-corrected chi connectivity index (χ0v) is 17.3. The lowest BCUT2D eigenvalue weighted by atomic mass is 9.81. The van der Waals surface area contributed by atoms with Crippen LogP contribution in [0.2, 0.25) is 0 Å². The van der Waals surface area contributed by atoms with Crippen LogP contribution in [0.3, 0.4) is 0 Å². The summed E-state index contributed by atoms with van der Waals surface area (Å²) in [5.74, 6) is -2.29. The molecule has 0 radical (unpaired) electrons. The SMILES string of the molecule is C=C[C@@H]1C[C@]1(NC(=O)[C@@H]1C[C@@](O)(C2C=CC(F)=CC2)CN1)C(=O)NS(=O)(=O)C1CC1. The molecular formula is C20H26FN3O5S. The second kappa shape index (κ2) is 7.28. The quantitative estimate of drug-likeness (QED) is 0.420. The van der Waals surface area contributed by atoms with Crippen LogP contribution in [0, 0.1) is 11.8 Å². The monoisotopic (exact) mass is 439 g/mol. The fraction of sp³-hybridized carbons (Fsp3) is 0.600. The van der Waals surface area contributed by atoms with Crippen molar-refractivity contribution in [2.75, 3.05) is 6.54 Å². The van der Waals surface area contributed by atoms with Crippen molar-refractivity contribution >= 4 is 21.8 Å². The summed E-state index contributed by atoms with van der Waals surface area (Å²) in [7, 11) is -3.74. The maximum atomic E-state index is 13.2. The Hall–Kier alpha value is -2.04. The summed E-state index contributed by atoms with van der Waals surface area (Å²) in [6, 6.07) is -0.755. The van der Waals surface area contributed by atoms with Crippen LogP contribution in [0.25, 0.3) is 0 Å². The van der Waals surface area contributed by atoms with Gasteiger partial charge in [-0.15, -0.1) is 6.58 Å². The lowest BCUT2D eigenvalue weighted by molar-refractivity contribution is -0.130. The summed E-state index contributed by atoms with van der Waals surface area (Å²) >= 11 is 0. The van der Waals surface area contributed by atoms with Crippen molar-refractivity contribution in [1.29, 1.82) is 0 Å². The fourth-order valence-corrected chi connectivity index (χ4v) is 5.65. The van der Waals surface area contributed by atoms with E-state index in [1.165, 1.54) is 18.2 Å². The van der Waals surface area contributed by atoms with Crippen LogP contribution >= 0.6 is 0 Å². The summed E-state index contributed by atoms with van der Waals surface area (Å²) in [5.41, 5.74) is -2.57. The fourth-order valence-electron chi connectivity index (χ4n) is 4.28. The molecule has 30 heavy (non-hydrogen) atoms. The highest BCUT2D eigenvalue weighted by atomic mass is 32.2. The molecule has 1 heterocycles. The topological polar surface area (TPSA) is 125 Å². The third-order valence-corrected chi connectivity index (χ3v) is 8.34. The molecule has 0 aromatic carbocycles. The van der Waals surface area contributed by atoms with Gasteiger partial charge in [-0.3, -0.25) is 14.3 Å². The van der Waals surface area contributed by atoms with Crippen molar-refractivity contribution in [1.82, 2.24) is 15.4 Å². The largest absolute Gasteiger partial charge is 0.388 e. The molecule has 1 unspecified atom stereocenters. The maximum Gasteiger partial charge on any atom is 0.259 e. The summed E-state index contributed by atoms with van der Waals surface area (Å²) < 4.78 is 39.6. The van der Waals surface area contributed by atoms with E-state index in [9.17, 15) is 27.5 Å². The van der Waals surface area contributed by atoms with Gasteiger partial charge in [-0.25, -0.2) is 12.8 Å². The zero-order chi connectivity index (χ0) is 21.7. The molecular weight excluding hydrogens is 413 g/mol. The number of sulfonamides is 1. The number of allylic oxidation sites excluding steroid dienone is 3. The number of rotatable bonds is 7. The van der Waals surface area contributed by atoms with Crippen LogP contribution in [0.1, 0.15) is 32.1 Å². The van der Waals surface area contributed by atoms with Crippen LogP contribution in [-0.2, 0) is 19.6 Å². The Morgan fingerprint density at radius 1 is 1.33 bits per heavy atom. The van der Waals surface area contributed by atoms with Gasteiger partial charge in [-0.05, 0) is 37.8 Å². The lowest BCUT2D eigenvalue weighted by Crippen LogP contribution is -2.55. The number of hydrogen-bond donors (Lipinski definition) is 4. The van der Waals surface area contributed by atoms with Gasteiger partial charge in [-0.2, -0.15) is 0 Å². The number of halogens is 1. The number of hydrogen-bond acceptors (Lipinski definition) is 6. The summed E-state index contributed by atoms with van der Waals surface area (Å²) in [5, 5.41) is 16.0. The van der Waals surface area contributed by atoms with Crippen LogP contribution in [0.4, 0.5) is 4.39 Å². The second-order valence-electron chi connectivity index (χ2n) is 8.71. The molecule has 4 aliphatic rings. The predicted octanol–water partition coefficient (Wildman–Crippen LogP) is 0.178. The number of carbonyl (C=O) groups excluding carboxylic acids is 2. The van der Waals surface area contributed by atoms with E-state index in [0.29, 0.717) is 19.3 Å². The highest BCUT2D eigenvalue weighted by Crippen LogP contribution is 2.45. The van der Waals surface area contributed by atoms with Crippen molar-refractivity contribution in [3.63, 3.8) is 0 Å². The molecule has 0 aromatic rings. The number of nitrogens with one attached hydrogen (secondary N) is 3. The number of aliphatic hydroxyl groups is 1. The first-order chi connectivity index (χ1) is 14.1. The molecule has 4 N–H and O–H groups in total. The van der Waals surface area contributed by atoms with Gasteiger partial charge in [0.25, 0.3) is 5.91 Å². The van der Waals surface area contributed by atoms with Crippen molar-refractivity contribution in [3.8, 4) is 0 Å². The molecule has 4 rings (SSSR count). The Balaban J connectivity index is 1.41. The summed E-state index contributed by atoms with van der Waals surface area (Å²) in [6.07, 6.45) is 7.56. The first-order valence-corrected chi connectivity index (χ1v) is 11.6. The van der Waals surface area contributed by atoms with Gasteiger partial charge in [0, 0.05) is 24.8 Å². The Morgan fingerprint density at radius 2 is 2.07 bits per heavy atom. The number of amides is 2. The molecule has 5 atom stereocenters. The lowest BCUT2D eigenvalue weighted by Gasteiger charge is -2.30. The summed E-state index contributed by atoms with van der Waals surface area (Å²) in [4.78, 5) is 25.6. The third-order valence-electron chi connectivity index (χ3n) is 6.52. The Morgan fingerprint density at radius 3 is 2.63 bits per heavy atom. The minimum absolute atomic E-state index is 0.0973. The Labute approximate surface area is 174 Å². The van der Waals surface area contributed by atoms with E-state index < -0.39 is 44.3 Å². The van der Waals surface area contributed by atoms with Crippen molar-refractivity contribution in [3.05, 3.63) is 36.7 Å². The van der Waals surface area contributed by atoms with E-state index in [0.717, 1.165) is 0 Å². The standard InChI is InChI=1S/C20H26FN3O5S/c1-2-12-9-20(12,18(26)24-30(28,29)15-7-8-15)23-17(25)16-10-19(27,11-22-16)13-3-5-14(21)6-4-13/h2-3,5-6,12-13,15-16,22,27H,1,4,7-11H2,(H,23,25)(H,24,26)/t12-,13?,16+,19+,20-/m1/s1. The summed E-state index contributed by atoms with van der Waals surface area (Å²) in [6.45, 7) is 3.81. The molecule has 0 bridgehead atoms. The smallest absolute Gasteiger partial charge is 0.259 e. The Bertz CT molecular complexity index is 944. The van der Waals surface area contributed by atoms with E-state index >= 15 is 0 Å². The van der Waals surface area contributed by atoms with Gasteiger partial charge in [0.1, 0.15) is 11.4 Å².